The average molecular weight is 432 g/mol. The predicted octanol–water partition coefficient (Wildman–Crippen LogP) is 5.62. The standard InChI is InChI=1S/C25H22F2N4O/c1-16-9-11-18(12-10-16)21-8-5-13-30(21)25(32)19-15-28-31-22(23(26)27)14-20(29-24(19)31)17-6-3-2-4-7-17/h2-4,6-7,9-12,14-15,21,23H,5,8,13H2,1H3/t21-/m0/s1. The van der Waals surface area contributed by atoms with E-state index in [0.29, 0.717) is 17.8 Å². The maximum atomic E-state index is 13.8. The SMILES string of the molecule is Cc1ccc([C@@H]2CCCN2C(=O)c2cnn3c(C(F)F)cc(-c4ccccc4)nc23)cc1. The molecule has 1 aliphatic rings. The highest BCUT2D eigenvalue weighted by atomic mass is 19.3. The Labute approximate surface area is 184 Å². The third-order valence-corrected chi connectivity index (χ3v) is 6.00. The highest BCUT2D eigenvalue weighted by Crippen LogP contribution is 2.34. The van der Waals surface area contributed by atoms with E-state index in [1.54, 1.807) is 17.0 Å². The van der Waals surface area contributed by atoms with Crippen molar-refractivity contribution in [3.05, 3.63) is 89.2 Å². The fourth-order valence-electron chi connectivity index (χ4n) is 4.35. The topological polar surface area (TPSA) is 50.5 Å². The highest BCUT2D eigenvalue weighted by Gasteiger charge is 2.33. The molecule has 32 heavy (non-hydrogen) atoms. The van der Waals surface area contributed by atoms with Gasteiger partial charge in [-0.05, 0) is 31.4 Å². The number of fused-ring (bicyclic) bond motifs is 1. The van der Waals surface area contributed by atoms with Crippen molar-refractivity contribution in [2.45, 2.75) is 32.2 Å². The molecule has 0 N–H and O–H groups in total. The van der Waals surface area contributed by atoms with E-state index in [2.05, 4.69) is 10.1 Å². The summed E-state index contributed by atoms with van der Waals surface area (Å²) in [4.78, 5) is 19.9. The van der Waals surface area contributed by atoms with Gasteiger partial charge in [0.2, 0.25) is 0 Å². The van der Waals surface area contributed by atoms with Crippen molar-refractivity contribution in [2.24, 2.45) is 0 Å². The number of hydrogen-bond donors (Lipinski definition) is 0. The van der Waals surface area contributed by atoms with Crippen molar-refractivity contribution in [3.8, 4) is 11.3 Å². The second-order valence-corrected chi connectivity index (χ2v) is 8.09. The fourth-order valence-corrected chi connectivity index (χ4v) is 4.35. The number of carbonyl (C=O) groups excluding carboxylic acids is 1. The third-order valence-electron chi connectivity index (χ3n) is 6.00. The summed E-state index contributed by atoms with van der Waals surface area (Å²) in [7, 11) is 0. The van der Waals surface area contributed by atoms with Gasteiger partial charge in [0.25, 0.3) is 12.3 Å². The number of nitrogens with zero attached hydrogens (tertiary/aromatic N) is 4. The molecule has 0 aliphatic carbocycles. The summed E-state index contributed by atoms with van der Waals surface area (Å²) >= 11 is 0. The Morgan fingerprint density at radius 3 is 2.56 bits per heavy atom. The lowest BCUT2D eigenvalue weighted by atomic mass is 10.0. The van der Waals surface area contributed by atoms with E-state index in [-0.39, 0.29) is 28.9 Å². The molecule has 2 aromatic heterocycles. The Hall–Kier alpha value is -3.61. The molecule has 5 nitrogen and oxygen atoms in total. The monoisotopic (exact) mass is 432 g/mol. The van der Waals surface area contributed by atoms with Crippen molar-refractivity contribution >= 4 is 11.6 Å². The summed E-state index contributed by atoms with van der Waals surface area (Å²) in [5, 5.41) is 4.10. The lowest BCUT2D eigenvalue weighted by Crippen LogP contribution is -2.30. The molecular weight excluding hydrogens is 410 g/mol. The van der Waals surface area contributed by atoms with Gasteiger partial charge < -0.3 is 4.90 Å². The Morgan fingerprint density at radius 2 is 1.84 bits per heavy atom. The van der Waals surface area contributed by atoms with Crippen molar-refractivity contribution in [2.75, 3.05) is 6.54 Å². The summed E-state index contributed by atoms with van der Waals surface area (Å²) in [6, 6.07) is 18.5. The number of alkyl halides is 2. The summed E-state index contributed by atoms with van der Waals surface area (Å²) < 4.78 is 28.8. The third kappa shape index (κ3) is 3.53. The van der Waals surface area contributed by atoms with E-state index in [1.165, 1.54) is 12.3 Å². The van der Waals surface area contributed by atoms with Gasteiger partial charge in [-0.25, -0.2) is 18.3 Å². The molecule has 1 atom stereocenters. The normalized spacial score (nSPS) is 16.2. The first-order valence-electron chi connectivity index (χ1n) is 10.6. The van der Waals surface area contributed by atoms with Crippen LogP contribution < -0.4 is 0 Å². The van der Waals surface area contributed by atoms with Gasteiger partial charge in [-0.3, -0.25) is 4.79 Å². The second-order valence-electron chi connectivity index (χ2n) is 8.09. The quantitative estimate of drug-likeness (QED) is 0.421. The van der Waals surface area contributed by atoms with Crippen molar-refractivity contribution < 1.29 is 13.6 Å². The number of rotatable bonds is 4. The number of amides is 1. The molecule has 0 saturated carbocycles. The number of benzene rings is 2. The van der Waals surface area contributed by atoms with E-state index < -0.39 is 6.43 Å². The molecule has 0 radical (unpaired) electrons. The van der Waals surface area contributed by atoms with E-state index in [9.17, 15) is 13.6 Å². The Kier molecular flexibility index (Phi) is 5.17. The summed E-state index contributed by atoms with van der Waals surface area (Å²) in [6.07, 6.45) is 0.349. The van der Waals surface area contributed by atoms with Crippen LogP contribution >= 0.6 is 0 Å². The minimum Gasteiger partial charge on any atom is -0.331 e. The van der Waals surface area contributed by atoms with Crippen molar-refractivity contribution in [1.29, 1.82) is 0 Å². The molecular formula is C25H22F2N4O. The molecule has 162 valence electrons. The van der Waals surface area contributed by atoms with Crippen LogP contribution in [0, 0.1) is 6.92 Å². The number of carbonyl (C=O) groups is 1. The van der Waals surface area contributed by atoms with Gasteiger partial charge in [0.1, 0.15) is 11.3 Å². The van der Waals surface area contributed by atoms with Gasteiger partial charge in [0.05, 0.1) is 17.9 Å². The first-order valence-corrected chi connectivity index (χ1v) is 10.6. The first kappa shape index (κ1) is 20.3. The lowest BCUT2D eigenvalue weighted by molar-refractivity contribution is 0.0737. The molecule has 7 heteroatoms. The van der Waals surface area contributed by atoms with Crippen molar-refractivity contribution in [1.82, 2.24) is 19.5 Å². The Morgan fingerprint density at radius 1 is 1.09 bits per heavy atom. The molecule has 3 heterocycles. The van der Waals surface area contributed by atoms with E-state index in [0.717, 1.165) is 28.5 Å². The molecule has 2 aromatic carbocycles. The predicted molar refractivity (Wildman–Crippen MR) is 118 cm³/mol. The Bertz CT molecular complexity index is 1270. The van der Waals surface area contributed by atoms with Crippen LogP contribution in [0.5, 0.6) is 0 Å². The van der Waals surface area contributed by atoms with Gasteiger partial charge in [-0.1, -0.05) is 60.2 Å². The molecule has 1 fully saturated rings. The number of hydrogen-bond acceptors (Lipinski definition) is 3. The number of likely N-dealkylation sites (tertiary alicyclic amines) is 1. The number of halogens is 2. The number of aryl methyl sites for hydroxylation is 1. The minimum absolute atomic E-state index is 0.0510. The molecule has 0 spiro atoms. The second kappa shape index (κ2) is 8.15. The number of aromatic nitrogens is 3. The van der Waals surface area contributed by atoms with E-state index in [1.807, 2.05) is 49.4 Å². The maximum absolute atomic E-state index is 13.8. The van der Waals surface area contributed by atoms with E-state index in [4.69, 9.17) is 0 Å². The molecule has 1 aliphatic heterocycles. The van der Waals surface area contributed by atoms with Gasteiger partial charge in [-0.2, -0.15) is 5.10 Å². The Balaban J connectivity index is 1.58. The molecule has 1 amide bonds. The zero-order valence-electron chi connectivity index (χ0n) is 17.6. The largest absolute Gasteiger partial charge is 0.331 e. The van der Waals surface area contributed by atoms with Gasteiger partial charge in [0.15, 0.2) is 5.65 Å². The van der Waals surface area contributed by atoms with Crippen LogP contribution in [0.3, 0.4) is 0 Å². The fraction of sp³-hybridized carbons (Fsp3) is 0.240. The molecule has 0 unspecified atom stereocenters. The van der Waals surface area contributed by atoms with Crippen LogP contribution in [0.1, 0.15) is 52.5 Å². The van der Waals surface area contributed by atoms with Crippen LogP contribution in [-0.2, 0) is 0 Å². The van der Waals surface area contributed by atoms with Crippen LogP contribution in [0.15, 0.2) is 66.9 Å². The first-order chi connectivity index (χ1) is 15.5. The minimum atomic E-state index is -2.75. The maximum Gasteiger partial charge on any atom is 0.280 e. The smallest absolute Gasteiger partial charge is 0.280 e. The van der Waals surface area contributed by atoms with Crippen LogP contribution in [0.2, 0.25) is 0 Å². The van der Waals surface area contributed by atoms with Crippen LogP contribution in [0.4, 0.5) is 8.78 Å². The van der Waals surface area contributed by atoms with E-state index >= 15 is 0 Å². The molecule has 0 bridgehead atoms. The van der Waals surface area contributed by atoms with Crippen molar-refractivity contribution in [3.63, 3.8) is 0 Å². The molecule has 5 rings (SSSR count). The highest BCUT2D eigenvalue weighted by molar-refractivity contribution is 6.00. The zero-order valence-corrected chi connectivity index (χ0v) is 17.6. The zero-order chi connectivity index (χ0) is 22.2. The lowest BCUT2D eigenvalue weighted by Gasteiger charge is -2.25. The van der Waals surface area contributed by atoms with Crippen LogP contribution in [-0.4, -0.2) is 31.9 Å². The van der Waals surface area contributed by atoms with Gasteiger partial charge in [0, 0.05) is 12.1 Å². The van der Waals surface area contributed by atoms with Gasteiger partial charge >= 0.3 is 0 Å². The molecule has 4 aromatic rings. The summed E-state index contributed by atoms with van der Waals surface area (Å²) in [5.41, 5.74) is 3.43. The summed E-state index contributed by atoms with van der Waals surface area (Å²) in [6.45, 7) is 2.63. The molecule has 1 saturated heterocycles. The average Bonchev–Trinajstić information content (AvgIpc) is 3.46. The summed E-state index contributed by atoms with van der Waals surface area (Å²) in [5.74, 6) is -0.235. The van der Waals surface area contributed by atoms with Crippen LogP contribution in [0.25, 0.3) is 16.9 Å². The van der Waals surface area contributed by atoms with Gasteiger partial charge in [-0.15, -0.1) is 0 Å².